The molecule has 2 atom stereocenters. The highest BCUT2D eigenvalue weighted by Crippen LogP contribution is 2.35. The minimum absolute atomic E-state index is 0.625. The van der Waals surface area contributed by atoms with Gasteiger partial charge in [0.2, 0.25) is 0 Å². The van der Waals surface area contributed by atoms with Crippen LogP contribution in [0.25, 0.3) is 0 Å². The zero-order valence-corrected chi connectivity index (χ0v) is 5.35. The van der Waals surface area contributed by atoms with E-state index in [0.717, 1.165) is 5.92 Å². The molecule has 0 aliphatic heterocycles. The van der Waals surface area contributed by atoms with Gasteiger partial charge in [-0.3, -0.25) is 0 Å². The quantitative estimate of drug-likeness (QED) is 0.451. The smallest absolute Gasteiger partial charge is 0.0228 e. The van der Waals surface area contributed by atoms with Crippen molar-refractivity contribution in [2.45, 2.75) is 26.2 Å². The Hall–Kier alpha value is -0.440. The van der Waals surface area contributed by atoms with Crippen molar-refractivity contribution in [2.24, 2.45) is 11.8 Å². The molecule has 1 aliphatic carbocycles. The van der Waals surface area contributed by atoms with Gasteiger partial charge in [-0.25, -0.2) is 0 Å². The Morgan fingerprint density at radius 2 is 2.38 bits per heavy atom. The van der Waals surface area contributed by atoms with Crippen LogP contribution in [-0.2, 0) is 0 Å². The summed E-state index contributed by atoms with van der Waals surface area (Å²) in [6.07, 6.45) is 9.16. The molecule has 0 spiro atoms. The highest BCUT2D eigenvalue weighted by atomic mass is 14.3. The number of hydrogen-bond acceptors (Lipinski definition) is 0. The molecule has 2 unspecified atom stereocenters. The first-order valence-corrected chi connectivity index (χ1v) is 3.34. The van der Waals surface area contributed by atoms with Gasteiger partial charge in [-0.05, 0) is 18.8 Å². The van der Waals surface area contributed by atoms with Crippen molar-refractivity contribution in [2.75, 3.05) is 0 Å². The van der Waals surface area contributed by atoms with Crippen LogP contribution in [0.2, 0.25) is 0 Å². The fourth-order valence-electron chi connectivity index (χ4n) is 1.28. The van der Waals surface area contributed by atoms with Crippen molar-refractivity contribution in [1.82, 2.24) is 0 Å². The van der Waals surface area contributed by atoms with Crippen LogP contribution in [0.3, 0.4) is 0 Å². The average Bonchev–Trinajstić information content (AvgIpc) is 1.66. The second kappa shape index (κ2) is 2.22. The van der Waals surface area contributed by atoms with Crippen LogP contribution in [-0.4, -0.2) is 0 Å². The molecule has 0 saturated heterocycles. The van der Waals surface area contributed by atoms with E-state index in [0.29, 0.717) is 5.92 Å². The minimum atomic E-state index is 0.625. The van der Waals surface area contributed by atoms with E-state index >= 15 is 0 Å². The summed E-state index contributed by atoms with van der Waals surface area (Å²) in [6, 6.07) is 0. The lowest BCUT2D eigenvalue weighted by Gasteiger charge is -2.31. The SMILES string of the molecule is C#CC1CCC1CC. The van der Waals surface area contributed by atoms with Crippen LogP contribution >= 0.6 is 0 Å². The fraction of sp³-hybridized carbons (Fsp3) is 0.750. The van der Waals surface area contributed by atoms with Gasteiger partial charge in [0, 0.05) is 5.92 Å². The van der Waals surface area contributed by atoms with Gasteiger partial charge < -0.3 is 0 Å². The Morgan fingerprint density at radius 1 is 1.62 bits per heavy atom. The molecule has 0 amide bonds. The lowest BCUT2D eigenvalue weighted by Crippen LogP contribution is -2.23. The standard InChI is InChI=1S/C8H12/c1-3-7-5-6-8(7)4-2/h1,7-8H,4-6H2,2H3. The summed E-state index contributed by atoms with van der Waals surface area (Å²) >= 11 is 0. The van der Waals surface area contributed by atoms with Crippen LogP contribution in [0, 0.1) is 24.2 Å². The molecule has 8 heavy (non-hydrogen) atoms. The molecule has 0 heterocycles. The first-order chi connectivity index (χ1) is 3.88. The molecular weight excluding hydrogens is 96.1 g/mol. The van der Waals surface area contributed by atoms with Crippen molar-refractivity contribution in [3.05, 3.63) is 0 Å². The molecule has 0 aromatic heterocycles. The molecule has 1 aliphatic rings. The Bertz CT molecular complexity index is 106. The van der Waals surface area contributed by atoms with Gasteiger partial charge in [0.25, 0.3) is 0 Å². The molecular formula is C8H12. The van der Waals surface area contributed by atoms with Gasteiger partial charge in [-0.2, -0.15) is 0 Å². The van der Waals surface area contributed by atoms with Gasteiger partial charge in [-0.15, -0.1) is 12.3 Å². The van der Waals surface area contributed by atoms with Crippen molar-refractivity contribution in [1.29, 1.82) is 0 Å². The topological polar surface area (TPSA) is 0 Å². The van der Waals surface area contributed by atoms with E-state index in [4.69, 9.17) is 6.42 Å². The first kappa shape index (κ1) is 5.69. The van der Waals surface area contributed by atoms with E-state index in [-0.39, 0.29) is 0 Å². The zero-order valence-electron chi connectivity index (χ0n) is 5.35. The zero-order chi connectivity index (χ0) is 5.98. The Morgan fingerprint density at radius 3 is 2.50 bits per heavy atom. The monoisotopic (exact) mass is 108 g/mol. The predicted molar refractivity (Wildman–Crippen MR) is 35.3 cm³/mol. The molecule has 1 rings (SSSR count). The molecule has 0 N–H and O–H groups in total. The van der Waals surface area contributed by atoms with Gasteiger partial charge in [0.05, 0.1) is 0 Å². The lowest BCUT2D eigenvalue weighted by atomic mass is 9.73. The summed E-state index contributed by atoms with van der Waals surface area (Å²) in [7, 11) is 0. The Kier molecular flexibility index (Phi) is 1.58. The lowest BCUT2D eigenvalue weighted by molar-refractivity contribution is 0.230. The number of hydrogen-bond donors (Lipinski definition) is 0. The van der Waals surface area contributed by atoms with Gasteiger partial charge in [0.1, 0.15) is 0 Å². The van der Waals surface area contributed by atoms with Gasteiger partial charge in [-0.1, -0.05) is 13.3 Å². The third-order valence-electron chi connectivity index (χ3n) is 2.16. The van der Waals surface area contributed by atoms with Crippen molar-refractivity contribution < 1.29 is 0 Å². The maximum absolute atomic E-state index is 5.25. The van der Waals surface area contributed by atoms with E-state index in [1.807, 2.05) is 0 Å². The summed E-state index contributed by atoms with van der Waals surface area (Å²) in [6.45, 7) is 2.22. The van der Waals surface area contributed by atoms with E-state index in [2.05, 4.69) is 12.8 Å². The predicted octanol–water partition coefficient (Wildman–Crippen LogP) is 2.06. The van der Waals surface area contributed by atoms with E-state index in [9.17, 15) is 0 Å². The van der Waals surface area contributed by atoms with Crippen LogP contribution in [0.1, 0.15) is 26.2 Å². The summed E-state index contributed by atoms with van der Waals surface area (Å²) in [5, 5.41) is 0. The first-order valence-electron chi connectivity index (χ1n) is 3.34. The second-order valence-electron chi connectivity index (χ2n) is 2.52. The number of rotatable bonds is 1. The van der Waals surface area contributed by atoms with Crippen LogP contribution in [0.4, 0.5) is 0 Å². The van der Waals surface area contributed by atoms with Crippen LogP contribution < -0.4 is 0 Å². The van der Waals surface area contributed by atoms with Gasteiger partial charge in [0.15, 0.2) is 0 Å². The fourth-order valence-corrected chi connectivity index (χ4v) is 1.28. The maximum atomic E-state index is 5.25. The summed E-state index contributed by atoms with van der Waals surface area (Å²) in [4.78, 5) is 0. The Balaban J connectivity index is 2.29. The average molecular weight is 108 g/mol. The van der Waals surface area contributed by atoms with Crippen LogP contribution in [0.5, 0.6) is 0 Å². The van der Waals surface area contributed by atoms with E-state index < -0.39 is 0 Å². The molecule has 1 saturated carbocycles. The third-order valence-corrected chi connectivity index (χ3v) is 2.16. The highest BCUT2D eigenvalue weighted by molar-refractivity contribution is 5.01. The number of terminal acetylenes is 1. The highest BCUT2D eigenvalue weighted by Gasteiger charge is 2.26. The molecule has 44 valence electrons. The van der Waals surface area contributed by atoms with Crippen molar-refractivity contribution in [3.8, 4) is 12.3 Å². The summed E-state index contributed by atoms with van der Waals surface area (Å²) in [5.41, 5.74) is 0. The molecule has 0 nitrogen and oxygen atoms in total. The van der Waals surface area contributed by atoms with E-state index in [1.165, 1.54) is 19.3 Å². The minimum Gasteiger partial charge on any atom is -0.120 e. The summed E-state index contributed by atoms with van der Waals surface area (Å²) < 4.78 is 0. The van der Waals surface area contributed by atoms with Crippen LogP contribution in [0.15, 0.2) is 0 Å². The molecule has 0 bridgehead atoms. The summed E-state index contributed by atoms with van der Waals surface area (Å²) in [5.74, 6) is 4.29. The maximum Gasteiger partial charge on any atom is 0.0228 e. The molecule has 0 radical (unpaired) electrons. The molecule has 0 aromatic rings. The normalized spacial score (nSPS) is 35.5. The molecule has 0 aromatic carbocycles. The molecule has 0 heteroatoms. The molecule has 1 fully saturated rings. The van der Waals surface area contributed by atoms with Crippen molar-refractivity contribution in [3.63, 3.8) is 0 Å². The van der Waals surface area contributed by atoms with E-state index in [1.54, 1.807) is 0 Å². The third kappa shape index (κ3) is 0.733. The largest absolute Gasteiger partial charge is 0.120 e. The van der Waals surface area contributed by atoms with Crippen molar-refractivity contribution >= 4 is 0 Å². The van der Waals surface area contributed by atoms with Gasteiger partial charge >= 0.3 is 0 Å². The second-order valence-corrected chi connectivity index (χ2v) is 2.52. The Labute approximate surface area is 51.3 Å².